The Bertz CT molecular complexity index is 172. The topological polar surface area (TPSA) is 47.7 Å². The minimum atomic E-state index is 0. The maximum absolute atomic E-state index is 5.82. The summed E-state index contributed by atoms with van der Waals surface area (Å²) < 4.78 is 10.4. The zero-order chi connectivity index (χ0) is 11.1. The summed E-state index contributed by atoms with van der Waals surface area (Å²) in [5, 5.41) is 0. The van der Waals surface area contributed by atoms with Gasteiger partial charge in [-0.1, -0.05) is 0 Å². The number of nitrogens with zero attached hydrogens (tertiary/aromatic N) is 1. The summed E-state index contributed by atoms with van der Waals surface area (Å²) in [6.45, 7) is 3.84. The molecule has 0 spiro atoms. The molecule has 1 rings (SSSR count). The van der Waals surface area contributed by atoms with Crippen LogP contribution in [0.2, 0.25) is 0 Å². The minimum Gasteiger partial charge on any atom is -0.382 e. The second-order valence-corrected chi connectivity index (χ2v) is 4.31. The Hall–Kier alpha value is 0.130. The molecule has 1 fully saturated rings. The molecule has 0 aromatic carbocycles. The van der Waals surface area contributed by atoms with E-state index in [1.54, 1.807) is 7.11 Å². The van der Waals surface area contributed by atoms with E-state index in [9.17, 15) is 0 Å². The molecule has 0 heterocycles. The Balaban J connectivity index is 0.00000225. The van der Waals surface area contributed by atoms with E-state index in [0.717, 1.165) is 19.7 Å². The van der Waals surface area contributed by atoms with Crippen molar-refractivity contribution in [3.8, 4) is 0 Å². The van der Waals surface area contributed by atoms with E-state index in [1.165, 1.54) is 19.3 Å². The fraction of sp³-hybridized carbons (Fsp3) is 1.00. The quantitative estimate of drug-likeness (QED) is 0.652. The van der Waals surface area contributed by atoms with Gasteiger partial charge in [-0.15, -0.1) is 12.4 Å². The molecule has 98 valence electrons. The van der Waals surface area contributed by atoms with Crippen LogP contribution in [0.5, 0.6) is 0 Å². The van der Waals surface area contributed by atoms with Gasteiger partial charge in [-0.3, -0.25) is 4.90 Å². The lowest BCUT2D eigenvalue weighted by molar-refractivity contribution is 0.00804. The average molecular weight is 253 g/mol. The van der Waals surface area contributed by atoms with E-state index in [-0.39, 0.29) is 17.9 Å². The largest absolute Gasteiger partial charge is 0.382 e. The van der Waals surface area contributed by atoms with Crippen molar-refractivity contribution >= 4 is 12.4 Å². The predicted octanol–water partition coefficient (Wildman–Crippen LogP) is 0.884. The molecule has 4 nitrogen and oxygen atoms in total. The normalized spacial score (nSPS) is 18.0. The van der Waals surface area contributed by atoms with E-state index in [2.05, 4.69) is 11.9 Å². The first-order valence-corrected chi connectivity index (χ1v) is 5.73. The summed E-state index contributed by atoms with van der Waals surface area (Å²) in [5.74, 6) is 0. The van der Waals surface area contributed by atoms with E-state index < -0.39 is 0 Å². The van der Waals surface area contributed by atoms with Crippen LogP contribution in [0.15, 0.2) is 0 Å². The molecule has 0 aromatic rings. The maximum atomic E-state index is 5.82. The lowest BCUT2D eigenvalue weighted by atomic mass is 9.75. The Morgan fingerprint density at radius 3 is 2.38 bits per heavy atom. The molecular weight excluding hydrogens is 228 g/mol. The lowest BCUT2D eigenvalue weighted by Gasteiger charge is -2.48. The van der Waals surface area contributed by atoms with Crippen molar-refractivity contribution in [1.29, 1.82) is 0 Å². The van der Waals surface area contributed by atoms with E-state index in [1.807, 2.05) is 0 Å². The number of methoxy groups -OCH3 is 1. The van der Waals surface area contributed by atoms with E-state index in [0.29, 0.717) is 13.2 Å². The second kappa shape index (κ2) is 8.25. The van der Waals surface area contributed by atoms with Gasteiger partial charge >= 0.3 is 0 Å². The van der Waals surface area contributed by atoms with Gasteiger partial charge in [0.2, 0.25) is 0 Å². The van der Waals surface area contributed by atoms with Crippen LogP contribution in [0.25, 0.3) is 0 Å². The number of ether oxygens (including phenoxy) is 2. The van der Waals surface area contributed by atoms with Crippen LogP contribution >= 0.6 is 12.4 Å². The first kappa shape index (κ1) is 16.1. The smallest absolute Gasteiger partial charge is 0.0700 e. The van der Waals surface area contributed by atoms with Gasteiger partial charge in [-0.05, 0) is 26.3 Å². The minimum absolute atomic E-state index is 0. The first-order chi connectivity index (χ1) is 7.25. The number of hydrogen-bond acceptors (Lipinski definition) is 4. The average Bonchev–Trinajstić information content (AvgIpc) is 2.17. The molecule has 0 saturated heterocycles. The van der Waals surface area contributed by atoms with Gasteiger partial charge < -0.3 is 15.2 Å². The van der Waals surface area contributed by atoms with Gasteiger partial charge in [0.15, 0.2) is 0 Å². The molecule has 0 bridgehead atoms. The fourth-order valence-electron chi connectivity index (χ4n) is 2.01. The third-order valence-corrected chi connectivity index (χ3v) is 3.48. The SMILES string of the molecule is COCCOCCN(C)C1(CN)CCC1.Cl. The molecule has 0 aromatic heterocycles. The first-order valence-electron chi connectivity index (χ1n) is 5.73. The molecule has 0 aliphatic heterocycles. The summed E-state index contributed by atoms with van der Waals surface area (Å²) >= 11 is 0. The van der Waals surface area contributed by atoms with Gasteiger partial charge in [-0.2, -0.15) is 0 Å². The fourth-order valence-corrected chi connectivity index (χ4v) is 2.01. The van der Waals surface area contributed by atoms with Gasteiger partial charge in [0, 0.05) is 25.7 Å². The molecule has 0 atom stereocenters. The van der Waals surface area contributed by atoms with Crippen molar-refractivity contribution in [2.24, 2.45) is 5.73 Å². The molecule has 1 aliphatic carbocycles. The summed E-state index contributed by atoms with van der Waals surface area (Å²) in [5.41, 5.74) is 6.09. The molecule has 2 N–H and O–H groups in total. The molecule has 1 aliphatic rings. The van der Waals surface area contributed by atoms with E-state index in [4.69, 9.17) is 15.2 Å². The standard InChI is InChI=1S/C11H24N2O2.ClH/c1-13(6-7-15-9-8-14-2)11(10-12)4-3-5-11;/h3-10,12H2,1-2H3;1H. The summed E-state index contributed by atoms with van der Waals surface area (Å²) in [6, 6.07) is 0. The predicted molar refractivity (Wildman–Crippen MR) is 68.2 cm³/mol. The molecule has 1 saturated carbocycles. The summed E-state index contributed by atoms with van der Waals surface area (Å²) in [7, 11) is 3.83. The van der Waals surface area contributed by atoms with Gasteiger partial charge in [0.05, 0.1) is 19.8 Å². The lowest BCUT2D eigenvalue weighted by Crippen LogP contribution is -2.57. The van der Waals surface area contributed by atoms with E-state index >= 15 is 0 Å². The van der Waals surface area contributed by atoms with Crippen molar-refractivity contribution in [3.63, 3.8) is 0 Å². The molecule has 0 amide bonds. The highest BCUT2D eigenvalue weighted by atomic mass is 35.5. The molecule has 16 heavy (non-hydrogen) atoms. The number of likely N-dealkylation sites (N-methyl/N-ethyl adjacent to an activating group) is 1. The third kappa shape index (κ3) is 4.18. The van der Waals surface area contributed by atoms with Gasteiger partial charge in [0.1, 0.15) is 0 Å². The Morgan fingerprint density at radius 1 is 1.25 bits per heavy atom. The Morgan fingerprint density at radius 2 is 1.94 bits per heavy atom. The van der Waals surface area contributed by atoms with Crippen molar-refractivity contribution in [1.82, 2.24) is 4.90 Å². The summed E-state index contributed by atoms with van der Waals surface area (Å²) in [6.07, 6.45) is 3.78. The molecule has 0 unspecified atom stereocenters. The number of halogens is 1. The van der Waals surface area contributed by atoms with Crippen LogP contribution in [0.1, 0.15) is 19.3 Å². The van der Waals surface area contributed by atoms with Crippen LogP contribution in [0.3, 0.4) is 0 Å². The highest BCUT2D eigenvalue weighted by Crippen LogP contribution is 2.35. The number of rotatable bonds is 8. The zero-order valence-electron chi connectivity index (χ0n) is 10.4. The van der Waals surface area contributed by atoms with Crippen molar-refractivity contribution in [3.05, 3.63) is 0 Å². The second-order valence-electron chi connectivity index (χ2n) is 4.31. The molecule has 0 radical (unpaired) electrons. The number of nitrogens with two attached hydrogens (primary N) is 1. The maximum Gasteiger partial charge on any atom is 0.0700 e. The monoisotopic (exact) mass is 252 g/mol. The van der Waals surface area contributed by atoms with Crippen molar-refractivity contribution in [2.45, 2.75) is 24.8 Å². The highest BCUT2D eigenvalue weighted by molar-refractivity contribution is 5.85. The van der Waals surface area contributed by atoms with Crippen molar-refractivity contribution in [2.75, 3.05) is 47.1 Å². The summed E-state index contributed by atoms with van der Waals surface area (Å²) in [4.78, 5) is 2.35. The van der Waals surface area contributed by atoms with Crippen LogP contribution in [-0.2, 0) is 9.47 Å². The third-order valence-electron chi connectivity index (χ3n) is 3.48. The Labute approximate surface area is 105 Å². The van der Waals surface area contributed by atoms with Gasteiger partial charge in [-0.25, -0.2) is 0 Å². The molecule has 5 heteroatoms. The zero-order valence-corrected chi connectivity index (χ0v) is 11.2. The van der Waals surface area contributed by atoms with Crippen molar-refractivity contribution < 1.29 is 9.47 Å². The van der Waals surface area contributed by atoms with Crippen LogP contribution in [0, 0.1) is 0 Å². The number of hydrogen-bond donors (Lipinski definition) is 1. The van der Waals surface area contributed by atoms with Crippen LogP contribution in [-0.4, -0.2) is 57.5 Å². The highest BCUT2D eigenvalue weighted by Gasteiger charge is 2.38. The Kier molecular flexibility index (Phi) is 8.32. The van der Waals surface area contributed by atoms with Gasteiger partial charge in [0.25, 0.3) is 0 Å². The van der Waals surface area contributed by atoms with Crippen LogP contribution < -0.4 is 5.73 Å². The van der Waals surface area contributed by atoms with Crippen LogP contribution in [0.4, 0.5) is 0 Å². The molecular formula is C11H25ClN2O2.